The smallest absolute Gasteiger partial charge is 0.509 e. The molecular formula is C59H65N3O2Pt. The summed E-state index contributed by atoms with van der Waals surface area (Å²) in [6.07, 6.45) is 1.61. The van der Waals surface area contributed by atoms with Crippen LogP contribution in [0.3, 0.4) is 0 Å². The van der Waals surface area contributed by atoms with Gasteiger partial charge in [0.2, 0.25) is 0 Å². The Bertz CT molecular complexity index is 2900. The number of aryl methyl sites for hydroxylation is 1. The van der Waals surface area contributed by atoms with Crippen molar-refractivity contribution >= 4 is 23.1 Å². The van der Waals surface area contributed by atoms with E-state index in [4.69, 9.17) is 19.5 Å². The van der Waals surface area contributed by atoms with Crippen molar-refractivity contribution < 1.29 is 30.5 Å². The van der Waals surface area contributed by atoms with Crippen molar-refractivity contribution in [3.63, 3.8) is 0 Å². The topological polar surface area (TPSA) is 47.0 Å². The normalized spacial score (nSPS) is 18.6. The molecule has 1 aromatic heterocycles. The van der Waals surface area contributed by atoms with Crippen LogP contribution in [0.2, 0.25) is 0 Å². The molecule has 1 aliphatic carbocycles. The molecule has 338 valence electrons. The molecule has 2 aliphatic heterocycles. The number of nitrogens with zero attached hydrogens (tertiary/aromatic N) is 3. The number of ether oxygens (including phenoxy) is 2. The van der Waals surface area contributed by atoms with Crippen LogP contribution < -0.4 is 9.64 Å². The number of aromatic nitrogens is 1. The summed E-state index contributed by atoms with van der Waals surface area (Å²) in [5.41, 5.74) is 14.9. The van der Waals surface area contributed by atoms with Crippen LogP contribution in [0.4, 0.5) is 17.2 Å². The molecule has 2 atom stereocenters. The maximum Gasteiger partial charge on any atom is 2.00 e. The van der Waals surface area contributed by atoms with Gasteiger partial charge in [0.25, 0.3) is 0 Å². The zero-order valence-corrected chi connectivity index (χ0v) is 43.6. The molecule has 0 fully saturated rings. The van der Waals surface area contributed by atoms with Gasteiger partial charge in [-0.3, -0.25) is 4.99 Å². The number of anilines is 3. The van der Waals surface area contributed by atoms with E-state index in [1.54, 1.807) is 0 Å². The molecule has 65 heavy (non-hydrogen) atoms. The number of hydrogen-bond acceptors (Lipinski definition) is 5. The summed E-state index contributed by atoms with van der Waals surface area (Å²) in [5, 5.41) is 0. The average Bonchev–Trinajstić information content (AvgIpc) is 3.58. The monoisotopic (exact) mass is 1040 g/mol. The first-order valence-corrected chi connectivity index (χ1v) is 23.0. The molecule has 0 saturated heterocycles. The third kappa shape index (κ3) is 8.09. The predicted octanol–water partition coefficient (Wildman–Crippen LogP) is 15.5. The van der Waals surface area contributed by atoms with E-state index >= 15 is 0 Å². The van der Waals surface area contributed by atoms with E-state index in [1.165, 1.54) is 44.5 Å². The summed E-state index contributed by atoms with van der Waals surface area (Å²) in [5.74, 6) is 2.60. The Kier molecular flexibility index (Phi) is 11.1. The van der Waals surface area contributed by atoms with Crippen LogP contribution in [0.25, 0.3) is 11.1 Å². The molecule has 3 heterocycles. The van der Waals surface area contributed by atoms with Crippen LogP contribution in [0.1, 0.15) is 166 Å². The van der Waals surface area contributed by atoms with E-state index in [2.05, 4.69) is 213 Å². The summed E-state index contributed by atoms with van der Waals surface area (Å²) >= 11 is 0. The van der Waals surface area contributed by atoms with Gasteiger partial charge in [-0.15, -0.1) is 29.3 Å². The summed E-state index contributed by atoms with van der Waals surface area (Å²) in [7, 11) is 0. The van der Waals surface area contributed by atoms with Crippen LogP contribution in [0, 0.1) is 19.1 Å². The van der Waals surface area contributed by atoms with Crippen LogP contribution >= 0.6 is 0 Å². The molecule has 0 spiro atoms. The Hall–Kier alpha value is -4.99. The van der Waals surface area contributed by atoms with Crippen LogP contribution in [-0.4, -0.2) is 10.9 Å². The van der Waals surface area contributed by atoms with Gasteiger partial charge in [0, 0.05) is 28.9 Å². The van der Waals surface area contributed by atoms with Crippen molar-refractivity contribution in [1.82, 2.24) is 4.98 Å². The number of fused-ring (bicyclic) bond motifs is 8. The Morgan fingerprint density at radius 2 is 1.22 bits per heavy atom. The van der Waals surface area contributed by atoms with Gasteiger partial charge >= 0.3 is 21.1 Å². The Morgan fingerprint density at radius 1 is 0.600 bits per heavy atom. The summed E-state index contributed by atoms with van der Waals surface area (Å²) in [6.45, 7) is 36.1. The van der Waals surface area contributed by atoms with E-state index in [0.29, 0.717) is 17.4 Å². The van der Waals surface area contributed by atoms with Crippen molar-refractivity contribution in [2.45, 2.75) is 149 Å². The molecule has 5 nitrogen and oxygen atoms in total. The molecule has 0 bridgehead atoms. The molecule has 0 amide bonds. The molecule has 6 heteroatoms. The van der Waals surface area contributed by atoms with E-state index in [-0.39, 0.29) is 54.2 Å². The largest absolute Gasteiger partial charge is 2.00 e. The molecule has 0 saturated carbocycles. The number of rotatable bonds is 4. The predicted molar refractivity (Wildman–Crippen MR) is 264 cm³/mol. The SMILES string of the molecule is Cc1ccc2c(c1)C(C)(C)c1ccc(Oc3[c-]c(C4=N[C@]5(C)c6ccc(C(C)(C)C)cc6-c6cc(C(C)(C)C)ccc6[C@@H]5O4)cc(C(C)(C)C)c3)[c-]c1N2c1cc(C(C)(C)C)ccn1.[Pt+2]. The van der Waals surface area contributed by atoms with Gasteiger partial charge in [-0.25, -0.2) is 4.98 Å². The second-order valence-corrected chi connectivity index (χ2v) is 23.3. The number of aliphatic imine (C=N–C) groups is 1. The summed E-state index contributed by atoms with van der Waals surface area (Å²) in [4.78, 5) is 12.8. The summed E-state index contributed by atoms with van der Waals surface area (Å²) in [6, 6.07) is 40.8. The number of benzene rings is 5. The molecule has 0 unspecified atom stereocenters. The van der Waals surface area contributed by atoms with Gasteiger partial charge in [0.05, 0.1) is 0 Å². The number of pyridine rings is 1. The average molecular weight is 1040 g/mol. The quantitative estimate of drug-likeness (QED) is 0.165. The third-order valence-electron chi connectivity index (χ3n) is 13.9. The first-order chi connectivity index (χ1) is 29.7. The fourth-order valence-electron chi connectivity index (χ4n) is 9.70. The van der Waals surface area contributed by atoms with Crippen molar-refractivity contribution in [3.8, 4) is 22.6 Å². The molecule has 3 aliphatic rings. The first-order valence-electron chi connectivity index (χ1n) is 23.0. The van der Waals surface area contributed by atoms with Crippen molar-refractivity contribution in [2.24, 2.45) is 4.99 Å². The molecule has 9 rings (SSSR count). The van der Waals surface area contributed by atoms with Crippen LogP contribution in [0.5, 0.6) is 11.5 Å². The Balaban J connectivity index is 0.00000576. The summed E-state index contributed by atoms with van der Waals surface area (Å²) < 4.78 is 14.0. The second-order valence-electron chi connectivity index (χ2n) is 23.3. The minimum absolute atomic E-state index is 0. The van der Waals surface area contributed by atoms with Crippen molar-refractivity contribution in [2.75, 3.05) is 4.90 Å². The zero-order chi connectivity index (χ0) is 46.1. The fourth-order valence-corrected chi connectivity index (χ4v) is 9.70. The van der Waals surface area contributed by atoms with Gasteiger partial charge in [-0.05, 0) is 98.1 Å². The first kappa shape index (κ1) is 46.5. The third-order valence-corrected chi connectivity index (χ3v) is 13.9. The van der Waals surface area contributed by atoms with Crippen molar-refractivity contribution in [1.29, 1.82) is 0 Å². The maximum absolute atomic E-state index is 7.11. The van der Waals surface area contributed by atoms with E-state index in [9.17, 15) is 0 Å². The molecule has 6 aromatic rings. The number of hydrogen-bond donors (Lipinski definition) is 0. The molecular weight excluding hydrogens is 978 g/mol. The van der Waals surface area contributed by atoms with Gasteiger partial charge < -0.3 is 14.4 Å². The van der Waals surface area contributed by atoms with Crippen molar-refractivity contribution in [3.05, 3.63) is 165 Å². The van der Waals surface area contributed by atoms with Crippen LogP contribution in [-0.2, 0) is 58.4 Å². The Labute approximate surface area is 403 Å². The Morgan fingerprint density at radius 3 is 1.88 bits per heavy atom. The second kappa shape index (κ2) is 15.5. The maximum atomic E-state index is 7.11. The molecule has 0 radical (unpaired) electrons. The van der Waals surface area contributed by atoms with Gasteiger partial charge in [-0.2, -0.15) is 6.07 Å². The van der Waals surface area contributed by atoms with Gasteiger partial charge in [0.15, 0.2) is 0 Å². The fraction of sp³-hybridized carbons (Fsp3) is 0.390. The standard InChI is InChI=1S/C59H65N3O2.Pt/c1-35-17-24-49-48(27-35)58(14,15)47-23-20-41(34-50(47)62(49)51-33-39(25-26-60-51)56(8,9)10)63-42-29-36(28-40(30-42)57(11,12)13)53-61-59(16)46-22-19-38(55(5,6)7)32-45(46)44-31-37(54(2,3)4)18-21-43(44)52(59)64-53;/h17-28,30-33,52H,1-16H3;/q-2;+2/t52-,59+;/m0./s1. The van der Waals surface area contributed by atoms with Gasteiger partial charge in [0.1, 0.15) is 23.4 Å². The van der Waals surface area contributed by atoms with E-state index in [0.717, 1.165) is 39.4 Å². The van der Waals surface area contributed by atoms with E-state index < -0.39 is 5.54 Å². The minimum atomic E-state index is -0.653. The molecule has 5 aromatic carbocycles. The molecule has 0 N–H and O–H groups in total. The van der Waals surface area contributed by atoms with Gasteiger partial charge in [-0.1, -0.05) is 174 Å². The zero-order valence-electron chi connectivity index (χ0n) is 41.3. The van der Waals surface area contributed by atoms with E-state index in [1.807, 2.05) is 12.3 Å². The van der Waals surface area contributed by atoms with Crippen LogP contribution in [0.15, 0.2) is 102 Å². The minimum Gasteiger partial charge on any atom is -0.509 e.